The third-order valence-electron chi connectivity index (χ3n) is 4.33. The summed E-state index contributed by atoms with van der Waals surface area (Å²) in [5.41, 5.74) is 2.77. The molecule has 0 saturated heterocycles. The molecular weight excluding hydrogens is 322 g/mol. The Kier molecular flexibility index (Phi) is 4.07. The van der Waals surface area contributed by atoms with E-state index in [1.807, 2.05) is 24.3 Å². The van der Waals surface area contributed by atoms with Gasteiger partial charge in [0.2, 0.25) is 17.6 Å². The first-order chi connectivity index (χ1) is 12.2. The highest BCUT2D eigenvalue weighted by atomic mass is 16.5. The summed E-state index contributed by atoms with van der Waals surface area (Å²) in [7, 11) is 0. The number of nitrogens with zero attached hydrogens (tertiary/aromatic N) is 2. The molecule has 1 amide bonds. The van der Waals surface area contributed by atoms with E-state index in [0.29, 0.717) is 24.6 Å². The Morgan fingerprint density at radius 2 is 2.20 bits per heavy atom. The molecule has 2 aromatic heterocycles. The molecule has 1 aliphatic carbocycles. The van der Waals surface area contributed by atoms with Gasteiger partial charge < -0.3 is 19.4 Å². The van der Waals surface area contributed by atoms with Gasteiger partial charge in [-0.2, -0.15) is 4.98 Å². The standard InChI is InChI=1S/C18H17N3O4/c22-14-9-11-3-1-2-4-13(11)17(14)19-15(23)5-6-16-20-18(21-25-16)12-7-8-24-10-12/h1-4,7-8,10,14,17,22H,5-6,9H2,(H,19,23). The topological polar surface area (TPSA) is 101 Å². The molecule has 2 atom stereocenters. The second-order valence-electron chi connectivity index (χ2n) is 6.04. The predicted octanol–water partition coefficient (Wildman–Crippen LogP) is 2.04. The minimum Gasteiger partial charge on any atom is -0.472 e. The Hall–Kier alpha value is -2.93. The molecule has 0 fully saturated rings. The van der Waals surface area contributed by atoms with Crippen molar-refractivity contribution in [3.63, 3.8) is 0 Å². The lowest BCUT2D eigenvalue weighted by molar-refractivity contribution is -0.122. The first-order valence-electron chi connectivity index (χ1n) is 8.11. The molecule has 7 heteroatoms. The molecule has 1 aromatic carbocycles. The highest BCUT2D eigenvalue weighted by Gasteiger charge is 2.31. The summed E-state index contributed by atoms with van der Waals surface area (Å²) in [6, 6.07) is 9.12. The number of furan rings is 1. The zero-order chi connectivity index (χ0) is 17.2. The smallest absolute Gasteiger partial charge is 0.227 e. The molecule has 0 bridgehead atoms. The summed E-state index contributed by atoms with van der Waals surface area (Å²) >= 11 is 0. The highest BCUT2D eigenvalue weighted by molar-refractivity contribution is 5.77. The molecule has 3 aromatic rings. The van der Waals surface area contributed by atoms with Gasteiger partial charge in [0.1, 0.15) is 6.26 Å². The van der Waals surface area contributed by atoms with E-state index < -0.39 is 6.10 Å². The maximum absolute atomic E-state index is 12.2. The normalized spacial score (nSPS) is 18.9. The molecule has 25 heavy (non-hydrogen) atoms. The summed E-state index contributed by atoms with van der Waals surface area (Å²) in [6.07, 6.45) is 3.56. The van der Waals surface area contributed by atoms with Crippen molar-refractivity contribution >= 4 is 5.91 Å². The summed E-state index contributed by atoms with van der Waals surface area (Å²) in [6.45, 7) is 0. The van der Waals surface area contributed by atoms with Crippen molar-refractivity contribution in [1.82, 2.24) is 15.5 Å². The lowest BCUT2D eigenvalue weighted by atomic mass is 10.1. The molecule has 7 nitrogen and oxygen atoms in total. The van der Waals surface area contributed by atoms with Crippen molar-refractivity contribution in [3.05, 3.63) is 59.9 Å². The lowest BCUT2D eigenvalue weighted by Gasteiger charge is -2.17. The number of aliphatic hydroxyl groups is 1. The lowest BCUT2D eigenvalue weighted by Crippen LogP contribution is -2.34. The van der Waals surface area contributed by atoms with Crippen molar-refractivity contribution in [1.29, 1.82) is 0 Å². The van der Waals surface area contributed by atoms with Crippen molar-refractivity contribution in [3.8, 4) is 11.4 Å². The van der Waals surface area contributed by atoms with E-state index in [0.717, 1.165) is 16.7 Å². The van der Waals surface area contributed by atoms with Crippen LogP contribution in [0.25, 0.3) is 11.4 Å². The zero-order valence-electron chi connectivity index (χ0n) is 13.4. The molecule has 0 spiro atoms. The van der Waals surface area contributed by atoms with E-state index in [4.69, 9.17) is 8.94 Å². The quantitative estimate of drug-likeness (QED) is 0.737. The molecule has 0 saturated carbocycles. The molecule has 2 N–H and O–H groups in total. The molecule has 4 rings (SSSR count). The van der Waals surface area contributed by atoms with Gasteiger partial charge in [0.25, 0.3) is 0 Å². The molecule has 2 heterocycles. The first kappa shape index (κ1) is 15.6. The SMILES string of the molecule is O=C(CCc1nc(-c2ccoc2)no1)NC1c2ccccc2CC1O. The van der Waals surface area contributed by atoms with Gasteiger partial charge in [0, 0.05) is 19.3 Å². The van der Waals surface area contributed by atoms with E-state index in [1.54, 1.807) is 6.07 Å². The minimum absolute atomic E-state index is 0.163. The number of aliphatic hydroxyl groups excluding tert-OH is 1. The van der Waals surface area contributed by atoms with E-state index >= 15 is 0 Å². The summed E-state index contributed by atoms with van der Waals surface area (Å²) in [5, 5.41) is 16.9. The van der Waals surface area contributed by atoms with Crippen molar-refractivity contribution in [2.75, 3.05) is 0 Å². The Balaban J connectivity index is 1.36. The van der Waals surface area contributed by atoms with Crippen LogP contribution in [-0.2, 0) is 17.6 Å². The van der Waals surface area contributed by atoms with Gasteiger partial charge in [-0.25, -0.2) is 0 Å². The minimum atomic E-state index is -0.600. The van der Waals surface area contributed by atoms with E-state index in [-0.39, 0.29) is 18.4 Å². The molecule has 2 unspecified atom stereocenters. The van der Waals surface area contributed by atoms with Crippen molar-refractivity contribution < 1.29 is 18.8 Å². The number of hydrogen-bond donors (Lipinski definition) is 2. The Labute approximate surface area is 143 Å². The summed E-state index contributed by atoms with van der Waals surface area (Å²) in [4.78, 5) is 16.5. The molecule has 128 valence electrons. The van der Waals surface area contributed by atoms with Crippen molar-refractivity contribution in [2.45, 2.75) is 31.4 Å². The van der Waals surface area contributed by atoms with Gasteiger partial charge in [-0.3, -0.25) is 4.79 Å². The van der Waals surface area contributed by atoms with Crippen LogP contribution in [0.15, 0.2) is 51.8 Å². The fourth-order valence-corrected chi connectivity index (χ4v) is 3.08. The molecule has 0 radical (unpaired) electrons. The Bertz CT molecular complexity index is 872. The van der Waals surface area contributed by atoms with Gasteiger partial charge in [0.05, 0.1) is 24.0 Å². The van der Waals surface area contributed by atoms with Gasteiger partial charge in [-0.05, 0) is 17.2 Å². The first-order valence-corrected chi connectivity index (χ1v) is 8.11. The molecular formula is C18H17N3O4. The number of nitrogens with one attached hydrogen (secondary N) is 1. The van der Waals surface area contributed by atoms with Crippen LogP contribution in [0.5, 0.6) is 0 Å². The van der Waals surface area contributed by atoms with Crippen molar-refractivity contribution in [2.24, 2.45) is 0 Å². The van der Waals surface area contributed by atoms with Crippen LogP contribution in [0.1, 0.15) is 29.5 Å². The van der Waals surface area contributed by atoms with Crippen LogP contribution < -0.4 is 5.32 Å². The number of amides is 1. The number of carbonyl (C=O) groups is 1. The number of fused-ring (bicyclic) bond motifs is 1. The number of benzene rings is 1. The fourth-order valence-electron chi connectivity index (χ4n) is 3.08. The second-order valence-corrected chi connectivity index (χ2v) is 6.04. The van der Waals surface area contributed by atoms with Crippen LogP contribution in [0.4, 0.5) is 0 Å². The largest absolute Gasteiger partial charge is 0.472 e. The van der Waals surface area contributed by atoms with Gasteiger partial charge >= 0.3 is 0 Å². The average molecular weight is 339 g/mol. The van der Waals surface area contributed by atoms with E-state index in [9.17, 15) is 9.90 Å². The maximum atomic E-state index is 12.2. The summed E-state index contributed by atoms with van der Waals surface area (Å²) in [5.74, 6) is 0.659. The fraction of sp³-hybridized carbons (Fsp3) is 0.278. The summed E-state index contributed by atoms with van der Waals surface area (Å²) < 4.78 is 10.1. The van der Waals surface area contributed by atoms with Crippen LogP contribution in [-0.4, -0.2) is 27.3 Å². The number of rotatable bonds is 5. The average Bonchev–Trinajstić information content (AvgIpc) is 3.33. The second kappa shape index (κ2) is 6.52. The highest BCUT2D eigenvalue weighted by Crippen LogP contribution is 2.31. The van der Waals surface area contributed by atoms with E-state index in [2.05, 4.69) is 15.5 Å². The van der Waals surface area contributed by atoms with Crippen LogP contribution >= 0.6 is 0 Å². The van der Waals surface area contributed by atoms with Crippen LogP contribution in [0.3, 0.4) is 0 Å². The zero-order valence-corrected chi connectivity index (χ0v) is 13.4. The maximum Gasteiger partial charge on any atom is 0.227 e. The van der Waals surface area contributed by atoms with Crippen LogP contribution in [0, 0.1) is 0 Å². The van der Waals surface area contributed by atoms with Crippen LogP contribution in [0.2, 0.25) is 0 Å². The predicted molar refractivity (Wildman–Crippen MR) is 87.4 cm³/mol. The number of aryl methyl sites for hydroxylation is 1. The monoisotopic (exact) mass is 339 g/mol. The van der Waals surface area contributed by atoms with E-state index in [1.165, 1.54) is 12.5 Å². The Morgan fingerprint density at radius 3 is 3.04 bits per heavy atom. The third kappa shape index (κ3) is 3.18. The van der Waals surface area contributed by atoms with Gasteiger partial charge in [-0.15, -0.1) is 0 Å². The number of aromatic nitrogens is 2. The number of carbonyl (C=O) groups excluding carboxylic acids is 1. The van der Waals surface area contributed by atoms with Gasteiger partial charge in [-0.1, -0.05) is 29.4 Å². The molecule has 0 aliphatic heterocycles. The third-order valence-corrected chi connectivity index (χ3v) is 4.33. The molecule has 1 aliphatic rings. The number of hydrogen-bond acceptors (Lipinski definition) is 6. The Morgan fingerprint density at radius 1 is 1.32 bits per heavy atom. The van der Waals surface area contributed by atoms with Gasteiger partial charge in [0.15, 0.2) is 0 Å².